The lowest BCUT2D eigenvalue weighted by molar-refractivity contribution is -0.142. The van der Waals surface area contributed by atoms with E-state index in [1.54, 1.807) is 30.3 Å². The highest BCUT2D eigenvalue weighted by atomic mass is 16.4. The molecule has 1 heterocycles. The van der Waals surface area contributed by atoms with Crippen LogP contribution in [0.4, 0.5) is 0 Å². The van der Waals surface area contributed by atoms with Crippen LogP contribution in [0.5, 0.6) is 0 Å². The Kier molecular flexibility index (Phi) is 10.9. The Bertz CT molecular complexity index is 1040. The molecule has 13 heteroatoms. The van der Waals surface area contributed by atoms with Gasteiger partial charge in [0.2, 0.25) is 17.7 Å². The average Bonchev–Trinajstić information content (AvgIpc) is 3.33. The molecule has 2 rings (SSSR count). The zero-order valence-corrected chi connectivity index (χ0v) is 19.9. The van der Waals surface area contributed by atoms with Gasteiger partial charge in [-0.25, -0.2) is 9.78 Å². The average molecular weight is 501 g/mol. The van der Waals surface area contributed by atoms with Gasteiger partial charge < -0.3 is 37.5 Å². The minimum Gasteiger partial charge on any atom is -0.480 e. The third kappa shape index (κ3) is 9.83. The lowest BCUT2D eigenvalue weighted by atomic mass is 10.0. The van der Waals surface area contributed by atoms with Gasteiger partial charge in [0.25, 0.3) is 0 Å². The first kappa shape index (κ1) is 27.8. The zero-order chi connectivity index (χ0) is 26.5. The highest BCUT2D eigenvalue weighted by Crippen LogP contribution is 2.07. The monoisotopic (exact) mass is 500 g/mol. The molecular weight excluding hydrogens is 468 g/mol. The fourth-order valence-electron chi connectivity index (χ4n) is 3.44. The van der Waals surface area contributed by atoms with Crippen molar-refractivity contribution in [3.8, 4) is 0 Å². The molecule has 3 amide bonds. The molecule has 13 nitrogen and oxygen atoms in total. The molecule has 0 fully saturated rings. The summed E-state index contributed by atoms with van der Waals surface area (Å²) in [6, 6.07) is 5.55. The van der Waals surface area contributed by atoms with Crippen LogP contribution in [0.25, 0.3) is 0 Å². The molecular formula is C23H32N8O5. The molecule has 194 valence electrons. The summed E-state index contributed by atoms with van der Waals surface area (Å²) in [4.78, 5) is 60.3. The molecule has 3 atom stereocenters. The van der Waals surface area contributed by atoms with Gasteiger partial charge in [-0.2, -0.15) is 0 Å². The van der Waals surface area contributed by atoms with Gasteiger partial charge in [-0.3, -0.25) is 19.4 Å². The number of rotatable bonds is 14. The van der Waals surface area contributed by atoms with Gasteiger partial charge in [0.1, 0.15) is 18.1 Å². The Hall–Kier alpha value is -4.42. The predicted octanol–water partition coefficient (Wildman–Crippen LogP) is -1.19. The van der Waals surface area contributed by atoms with E-state index in [4.69, 9.17) is 11.5 Å². The SMILES string of the molecule is CC(=O)N[C@@H](CCCN=C(N)N)C(=O)N[C@@H](Cc1cnc[nH]1)C(=O)N[C@@H](Cc1ccccc1)C(=O)O. The van der Waals surface area contributed by atoms with Crippen LogP contribution < -0.4 is 27.4 Å². The third-order valence-corrected chi connectivity index (χ3v) is 5.15. The van der Waals surface area contributed by atoms with Crippen LogP contribution >= 0.6 is 0 Å². The number of carbonyl (C=O) groups excluding carboxylic acids is 3. The molecule has 0 aliphatic rings. The normalized spacial score (nSPS) is 13.0. The van der Waals surface area contributed by atoms with Gasteiger partial charge in [-0.1, -0.05) is 30.3 Å². The summed E-state index contributed by atoms with van der Waals surface area (Å²) in [7, 11) is 0. The van der Waals surface area contributed by atoms with Gasteiger partial charge in [0, 0.05) is 38.2 Å². The van der Waals surface area contributed by atoms with Gasteiger partial charge >= 0.3 is 5.97 Å². The molecule has 9 N–H and O–H groups in total. The maximum Gasteiger partial charge on any atom is 0.326 e. The van der Waals surface area contributed by atoms with Crippen LogP contribution in [0.2, 0.25) is 0 Å². The summed E-state index contributed by atoms with van der Waals surface area (Å²) < 4.78 is 0. The topological polar surface area (TPSA) is 218 Å². The van der Waals surface area contributed by atoms with Gasteiger partial charge in [-0.15, -0.1) is 0 Å². The number of nitrogens with zero attached hydrogens (tertiary/aromatic N) is 2. The van der Waals surface area contributed by atoms with Crippen molar-refractivity contribution in [2.45, 2.75) is 50.7 Å². The highest BCUT2D eigenvalue weighted by Gasteiger charge is 2.29. The van der Waals surface area contributed by atoms with Crippen molar-refractivity contribution in [1.82, 2.24) is 25.9 Å². The van der Waals surface area contributed by atoms with E-state index >= 15 is 0 Å². The molecule has 0 aliphatic carbocycles. The van der Waals surface area contributed by atoms with Crippen molar-refractivity contribution in [1.29, 1.82) is 0 Å². The Morgan fingerprint density at radius 1 is 1.00 bits per heavy atom. The van der Waals surface area contributed by atoms with E-state index in [-0.39, 0.29) is 31.8 Å². The number of aliphatic imine (C=N–C) groups is 1. The largest absolute Gasteiger partial charge is 0.480 e. The van der Waals surface area contributed by atoms with E-state index in [1.807, 2.05) is 0 Å². The molecule has 1 aromatic carbocycles. The second kappa shape index (κ2) is 14.1. The quantitative estimate of drug-likeness (QED) is 0.0947. The second-order valence-electron chi connectivity index (χ2n) is 8.13. The van der Waals surface area contributed by atoms with Crippen LogP contribution in [0.15, 0.2) is 47.8 Å². The molecule has 36 heavy (non-hydrogen) atoms. The Morgan fingerprint density at radius 2 is 1.67 bits per heavy atom. The number of amides is 3. The number of carboxylic acid groups (broad SMARTS) is 1. The smallest absolute Gasteiger partial charge is 0.326 e. The van der Waals surface area contributed by atoms with Crippen molar-refractivity contribution in [2.24, 2.45) is 16.5 Å². The third-order valence-electron chi connectivity index (χ3n) is 5.15. The Balaban J connectivity index is 2.15. The number of nitrogens with one attached hydrogen (secondary N) is 4. The number of aliphatic carboxylic acids is 1. The first-order valence-corrected chi connectivity index (χ1v) is 11.3. The van der Waals surface area contributed by atoms with Crippen LogP contribution in [-0.2, 0) is 32.0 Å². The minimum absolute atomic E-state index is 0.0239. The Labute approximate surface area is 208 Å². The van der Waals surface area contributed by atoms with Crippen molar-refractivity contribution in [2.75, 3.05) is 6.54 Å². The van der Waals surface area contributed by atoms with Gasteiger partial charge in [0.05, 0.1) is 6.33 Å². The number of hydrogen-bond donors (Lipinski definition) is 7. The van der Waals surface area contributed by atoms with E-state index < -0.39 is 41.8 Å². The number of guanidine groups is 1. The number of carboxylic acids is 1. The van der Waals surface area contributed by atoms with E-state index in [0.29, 0.717) is 12.1 Å². The van der Waals surface area contributed by atoms with Crippen LogP contribution in [-0.4, -0.2) is 69.4 Å². The lowest BCUT2D eigenvalue weighted by Crippen LogP contribution is -2.56. The maximum atomic E-state index is 13.1. The standard InChI is InChI=1S/C23H32N8O5/c1-14(32)29-17(8-5-9-27-23(24)25)20(33)30-18(11-16-12-26-13-28-16)21(34)31-19(22(35)36)10-15-6-3-2-4-7-15/h2-4,6-7,12-13,17-19H,5,8-11H2,1H3,(H,26,28)(H,29,32)(H,30,33)(H,31,34)(H,35,36)(H4,24,25,27)/t17-,18-,19-/m0/s1. The van der Waals surface area contributed by atoms with Crippen LogP contribution in [0, 0.1) is 0 Å². The first-order valence-electron chi connectivity index (χ1n) is 11.3. The molecule has 2 aromatic rings. The number of H-pyrrole nitrogens is 1. The lowest BCUT2D eigenvalue weighted by Gasteiger charge is -2.24. The van der Waals surface area contributed by atoms with E-state index in [9.17, 15) is 24.3 Å². The summed E-state index contributed by atoms with van der Waals surface area (Å²) in [5.74, 6) is -3.03. The number of benzene rings is 1. The number of aromatic amines is 1. The number of hydrogen-bond acceptors (Lipinski definition) is 6. The molecule has 0 saturated carbocycles. The molecule has 0 spiro atoms. The fourth-order valence-corrected chi connectivity index (χ4v) is 3.44. The second-order valence-corrected chi connectivity index (χ2v) is 8.13. The Morgan fingerprint density at radius 3 is 2.25 bits per heavy atom. The van der Waals surface area contributed by atoms with E-state index in [1.165, 1.54) is 19.4 Å². The van der Waals surface area contributed by atoms with Crippen molar-refractivity contribution >= 4 is 29.7 Å². The van der Waals surface area contributed by atoms with Crippen LogP contribution in [0.1, 0.15) is 31.0 Å². The van der Waals surface area contributed by atoms with Crippen molar-refractivity contribution in [3.63, 3.8) is 0 Å². The summed E-state index contributed by atoms with van der Waals surface area (Å²) in [5.41, 5.74) is 11.9. The summed E-state index contributed by atoms with van der Waals surface area (Å²) >= 11 is 0. The van der Waals surface area contributed by atoms with Crippen molar-refractivity contribution in [3.05, 3.63) is 54.1 Å². The van der Waals surface area contributed by atoms with E-state index in [2.05, 4.69) is 30.9 Å². The predicted molar refractivity (Wildman–Crippen MR) is 131 cm³/mol. The van der Waals surface area contributed by atoms with Crippen molar-refractivity contribution < 1.29 is 24.3 Å². The molecule has 0 aliphatic heterocycles. The molecule has 0 unspecified atom stereocenters. The number of imidazole rings is 1. The molecule has 0 radical (unpaired) electrons. The molecule has 0 bridgehead atoms. The summed E-state index contributed by atoms with van der Waals surface area (Å²) in [6.45, 7) is 1.52. The molecule has 0 saturated heterocycles. The van der Waals surface area contributed by atoms with Gasteiger partial charge in [-0.05, 0) is 18.4 Å². The maximum absolute atomic E-state index is 13.1. The number of aromatic nitrogens is 2. The number of carbonyl (C=O) groups is 4. The number of nitrogens with two attached hydrogens (primary N) is 2. The van der Waals surface area contributed by atoms with Gasteiger partial charge in [0.15, 0.2) is 5.96 Å². The summed E-state index contributed by atoms with van der Waals surface area (Å²) in [5, 5.41) is 17.3. The van der Waals surface area contributed by atoms with E-state index in [0.717, 1.165) is 5.56 Å². The van der Waals surface area contributed by atoms with Crippen LogP contribution in [0.3, 0.4) is 0 Å². The first-order chi connectivity index (χ1) is 17.2. The highest BCUT2D eigenvalue weighted by molar-refractivity contribution is 5.93. The minimum atomic E-state index is -1.22. The fraction of sp³-hybridized carbons (Fsp3) is 0.391. The molecule has 1 aromatic heterocycles. The zero-order valence-electron chi connectivity index (χ0n) is 19.9. The summed E-state index contributed by atoms with van der Waals surface area (Å²) in [6.07, 6.45) is 3.61.